The maximum absolute atomic E-state index is 11.7. The molecule has 0 aromatic carbocycles. The number of amides is 1. The van der Waals surface area contributed by atoms with E-state index in [4.69, 9.17) is 0 Å². The molecule has 1 aromatic heterocycles. The van der Waals surface area contributed by atoms with Crippen molar-refractivity contribution < 1.29 is 4.79 Å². The minimum atomic E-state index is 0.140. The summed E-state index contributed by atoms with van der Waals surface area (Å²) in [6, 6.07) is 0.443. The highest BCUT2D eigenvalue weighted by molar-refractivity contribution is 5.75. The van der Waals surface area contributed by atoms with Crippen LogP contribution in [-0.4, -0.2) is 36.5 Å². The van der Waals surface area contributed by atoms with Crippen LogP contribution in [0.15, 0.2) is 12.4 Å². The molecule has 0 saturated carbocycles. The van der Waals surface area contributed by atoms with Crippen molar-refractivity contribution >= 4 is 5.91 Å². The Morgan fingerprint density at radius 2 is 2.22 bits per heavy atom. The average Bonchev–Trinajstić information content (AvgIpc) is 2.62. The molecule has 0 fully saturated rings. The van der Waals surface area contributed by atoms with Gasteiger partial charge in [-0.2, -0.15) is 0 Å². The molecule has 0 bridgehead atoms. The Bertz CT molecular complexity index is 423. The lowest BCUT2D eigenvalue weighted by Crippen LogP contribution is -2.25. The quantitative estimate of drug-likeness (QED) is 0.826. The van der Waals surface area contributed by atoms with Gasteiger partial charge in [-0.15, -0.1) is 0 Å². The van der Waals surface area contributed by atoms with Crippen molar-refractivity contribution in [3.63, 3.8) is 0 Å². The number of fused-ring (bicyclic) bond motifs is 1. The van der Waals surface area contributed by atoms with Crippen LogP contribution in [0.1, 0.15) is 36.4 Å². The molecular weight excluding hydrogens is 226 g/mol. The van der Waals surface area contributed by atoms with Gasteiger partial charge in [0.25, 0.3) is 0 Å². The number of hydrogen-bond acceptors (Lipinski definition) is 2. The van der Waals surface area contributed by atoms with E-state index in [1.807, 2.05) is 11.6 Å². The zero-order valence-electron chi connectivity index (χ0n) is 11.6. The molecule has 1 amide bonds. The van der Waals surface area contributed by atoms with Gasteiger partial charge < -0.3 is 14.8 Å². The second kappa shape index (κ2) is 5.57. The molecule has 1 N–H and O–H groups in total. The molecule has 1 atom stereocenters. The van der Waals surface area contributed by atoms with Crippen LogP contribution in [0.25, 0.3) is 0 Å². The van der Waals surface area contributed by atoms with E-state index in [0.29, 0.717) is 12.6 Å². The summed E-state index contributed by atoms with van der Waals surface area (Å²) in [5.41, 5.74) is 2.78. The summed E-state index contributed by atoms with van der Waals surface area (Å²) in [6.45, 7) is 0.441. The predicted molar refractivity (Wildman–Crippen MR) is 72.5 cm³/mol. The number of nitrogens with one attached hydrogen (secondary N) is 1. The minimum absolute atomic E-state index is 0.140. The van der Waals surface area contributed by atoms with Crippen LogP contribution in [0.4, 0.5) is 0 Å². The van der Waals surface area contributed by atoms with Crippen LogP contribution < -0.4 is 5.32 Å². The summed E-state index contributed by atoms with van der Waals surface area (Å²) in [6.07, 6.45) is 9.13. The van der Waals surface area contributed by atoms with Crippen molar-refractivity contribution in [1.82, 2.24) is 14.8 Å². The number of aryl methyl sites for hydroxylation is 1. The maximum atomic E-state index is 11.7. The Hall–Kier alpha value is -1.29. The highest BCUT2D eigenvalue weighted by Gasteiger charge is 2.19. The summed E-state index contributed by atoms with van der Waals surface area (Å²) >= 11 is 0. The van der Waals surface area contributed by atoms with Crippen LogP contribution in [-0.2, 0) is 17.8 Å². The van der Waals surface area contributed by atoms with Crippen LogP contribution >= 0.6 is 0 Å². The number of rotatable bonds is 3. The molecule has 1 unspecified atom stereocenters. The van der Waals surface area contributed by atoms with Crippen LogP contribution in [0.2, 0.25) is 0 Å². The smallest absolute Gasteiger partial charge is 0.241 e. The third-order valence-electron chi connectivity index (χ3n) is 3.73. The van der Waals surface area contributed by atoms with E-state index in [9.17, 15) is 4.79 Å². The summed E-state index contributed by atoms with van der Waals surface area (Å²) in [5, 5.41) is 3.38. The third kappa shape index (κ3) is 2.75. The van der Waals surface area contributed by atoms with Gasteiger partial charge in [-0.1, -0.05) is 6.42 Å². The number of likely N-dealkylation sites (N-methyl/N-ethyl adjacent to an activating group) is 1. The molecule has 1 aliphatic carbocycles. The zero-order chi connectivity index (χ0) is 13.1. The Morgan fingerprint density at radius 3 is 2.89 bits per heavy atom. The van der Waals surface area contributed by atoms with E-state index < -0.39 is 0 Å². The number of nitrogens with zero attached hydrogens (tertiary/aromatic N) is 2. The standard InChI is InChI=1S/C14H23N3O/c1-15-13-7-5-4-6-11-8-17(9-12(11)13)10-14(18)16(2)3/h8-9,13,15H,4-7,10H2,1-3H3. The van der Waals surface area contributed by atoms with E-state index in [0.717, 1.165) is 6.42 Å². The second-order valence-corrected chi connectivity index (χ2v) is 5.29. The molecule has 0 aliphatic heterocycles. The summed E-state index contributed by atoms with van der Waals surface area (Å²) < 4.78 is 2.03. The van der Waals surface area contributed by atoms with Gasteiger partial charge >= 0.3 is 0 Å². The average molecular weight is 249 g/mol. The van der Waals surface area contributed by atoms with Crippen molar-refractivity contribution in [2.45, 2.75) is 38.3 Å². The maximum Gasteiger partial charge on any atom is 0.241 e. The fraction of sp³-hybridized carbons (Fsp3) is 0.643. The highest BCUT2D eigenvalue weighted by atomic mass is 16.2. The van der Waals surface area contributed by atoms with Gasteiger partial charge in [-0.3, -0.25) is 4.79 Å². The van der Waals surface area contributed by atoms with Gasteiger partial charge in [-0.25, -0.2) is 0 Å². The number of hydrogen-bond donors (Lipinski definition) is 1. The molecule has 1 heterocycles. The van der Waals surface area contributed by atoms with E-state index in [1.54, 1.807) is 19.0 Å². The lowest BCUT2D eigenvalue weighted by Gasteiger charge is -2.13. The first kappa shape index (κ1) is 13.1. The zero-order valence-corrected chi connectivity index (χ0v) is 11.6. The molecule has 100 valence electrons. The lowest BCUT2D eigenvalue weighted by molar-refractivity contribution is -0.129. The van der Waals surface area contributed by atoms with E-state index in [-0.39, 0.29) is 5.91 Å². The van der Waals surface area contributed by atoms with E-state index >= 15 is 0 Å². The SMILES string of the molecule is CNC1CCCCc2cn(CC(=O)N(C)C)cc21. The van der Waals surface area contributed by atoms with E-state index in [2.05, 4.69) is 17.7 Å². The molecule has 4 nitrogen and oxygen atoms in total. The fourth-order valence-electron chi connectivity index (χ4n) is 2.60. The Balaban J connectivity index is 2.18. The predicted octanol–water partition coefficient (Wildman–Crippen LogP) is 1.56. The first-order chi connectivity index (χ1) is 8.61. The van der Waals surface area contributed by atoms with Crippen LogP contribution in [0, 0.1) is 0 Å². The fourth-order valence-corrected chi connectivity index (χ4v) is 2.60. The van der Waals surface area contributed by atoms with Crippen molar-refractivity contribution in [3.05, 3.63) is 23.5 Å². The van der Waals surface area contributed by atoms with Crippen LogP contribution in [0.5, 0.6) is 0 Å². The molecule has 1 aromatic rings. The highest BCUT2D eigenvalue weighted by Crippen LogP contribution is 2.29. The van der Waals surface area contributed by atoms with Crippen molar-refractivity contribution in [2.24, 2.45) is 0 Å². The van der Waals surface area contributed by atoms with Gasteiger partial charge in [0.15, 0.2) is 0 Å². The normalized spacial score (nSPS) is 19.2. The molecule has 4 heteroatoms. The molecular formula is C14H23N3O. The lowest BCUT2D eigenvalue weighted by atomic mass is 10.1. The Morgan fingerprint density at radius 1 is 1.44 bits per heavy atom. The number of aromatic nitrogens is 1. The first-order valence-corrected chi connectivity index (χ1v) is 6.67. The van der Waals surface area contributed by atoms with Crippen molar-refractivity contribution in [1.29, 1.82) is 0 Å². The molecule has 18 heavy (non-hydrogen) atoms. The molecule has 0 spiro atoms. The van der Waals surface area contributed by atoms with Gasteiger partial charge in [0.05, 0.1) is 0 Å². The number of carbonyl (C=O) groups excluding carboxylic acids is 1. The first-order valence-electron chi connectivity index (χ1n) is 6.67. The van der Waals surface area contributed by atoms with Crippen molar-refractivity contribution in [3.8, 4) is 0 Å². The van der Waals surface area contributed by atoms with Gasteiger partial charge in [0.2, 0.25) is 5.91 Å². The molecule has 0 radical (unpaired) electrons. The van der Waals surface area contributed by atoms with Crippen LogP contribution in [0.3, 0.4) is 0 Å². The van der Waals surface area contributed by atoms with Gasteiger partial charge in [0, 0.05) is 32.5 Å². The largest absolute Gasteiger partial charge is 0.347 e. The Labute approximate surface area is 109 Å². The Kier molecular flexibility index (Phi) is 4.07. The molecule has 0 saturated heterocycles. The van der Waals surface area contributed by atoms with E-state index in [1.165, 1.54) is 30.4 Å². The molecule has 1 aliphatic rings. The monoisotopic (exact) mass is 249 g/mol. The van der Waals surface area contributed by atoms with Gasteiger partial charge in [0.1, 0.15) is 6.54 Å². The van der Waals surface area contributed by atoms with Crippen molar-refractivity contribution in [2.75, 3.05) is 21.1 Å². The minimum Gasteiger partial charge on any atom is -0.347 e. The number of carbonyl (C=O) groups is 1. The third-order valence-corrected chi connectivity index (χ3v) is 3.73. The topological polar surface area (TPSA) is 37.3 Å². The summed E-state index contributed by atoms with van der Waals surface area (Å²) in [7, 11) is 5.61. The summed E-state index contributed by atoms with van der Waals surface area (Å²) in [4.78, 5) is 13.4. The molecule has 2 rings (SSSR count). The summed E-state index contributed by atoms with van der Waals surface area (Å²) in [5.74, 6) is 0.140. The second-order valence-electron chi connectivity index (χ2n) is 5.29. The van der Waals surface area contributed by atoms with Gasteiger partial charge in [-0.05, 0) is 37.4 Å².